The summed E-state index contributed by atoms with van der Waals surface area (Å²) >= 11 is 0. The highest BCUT2D eigenvalue weighted by Crippen LogP contribution is 2.35. The van der Waals surface area contributed by atoms with Crippen LogP contribution in [0.1, 0.15) is 10.4 Å². The molecule has 4 rings (SSSR count). The molecule has 0 saturated heterocycles. The van der Waals surface area contributed by atoms with Crippen molar-refractivity contribution in [3.8, 4) is 11.1 Å². The van der Waals surface area contributed by atoms with Crippen LogP contribution in [0.3, 0.4) is 0 Å². The lowest BCUT2D eigenvalue weighted by molar-refractivity contribution is 0.0599. The lowest BCUT2D eigenvalue weighted by atomic mass is 10.00. The van der Waals surface area contributed by atoms with Gasteiger partial charge in [-0.1, -0.05) is 42.5 Å². The number of benzene rings is 2. The summed E-state index contributed by atoms with van der Waals surface area (Å²) in [7, 11) is 1.25. The van der Waals surface area contributed by atoms with Crippen LogP contribution >= 0.6 is 0 Å². The fourth-order valence-electron chi connectivity index (χ4n) is 2.93. The van der Waals surface area contributed by atoms with Crippen LogP contribution in [0, 0.1) is 0 Å². The van der Waals surface area contributed by atoms with Crippen LogP contribution in [0.25, 0.3) is 33.2 Å². The molecule has 2 aromatic carbocycles. The summed E-state index contributed by atoms with van der Waals surface area (Å²) in [5.74, 6) is -0.697. The molecule has 0 aliphatic heterocycles. The third-order valence-electron chi connectivity index (χ3n) is 3.99. The van der Waals surface area contributed by atoms with Gasteiger partial charge in [-0.05, 0) is 17.7 Å². The lowest BCUT2D eigenvalue weighted by Gasteiger charge is -2.08. The minimum atomic E-state index is -0.697. The maximum atomic E-state index is 12.6. The van der Waals surface area contributed by atoms with E-state index in [0.29, 0.717) is 27.8 Å². The molecule has 0 atom stereocenters. The van der Waals surface area contributed by atoms with E-state index in [4.69, 9.17) is 9.15 Å². The number of carbonyl (C=O) groups excluding carboxylic acids is 1. The number of ether oxygens (including phenoxy) is 1. The zero-order valence-corrected chi connectivity index (χ0v) is 12.8. The summed E-state index contributed by atoms with van der Waals surface area (Å²) in [4.78, 5) is 27.5. The third kappa shape index (κ3) is 2.02. The van der Waals surface area contributed by atoms with E-state index in [0.717, 1.165) is 5.39 Å². The minimum absolute atomic E-state index is 0.0599. The first kappa shape index (κ1) is 14.3. The highest BCUT2D eigenvalue weighted by molar-refractivity contribution is 6.12. The molecule has 0 saturated carbocycles. The first-order valence-electron chi connectivity index (χ1n) is 7.42. The summed E-state index contributed by atoms with van der Waals surface area (Å²) in [6.07, 6.45) is 0. The van der Waals surface area contributed by atoms with Crippen LogP contribution in [-0.2, 0) is 4.74 Å². The van der Waals surface area contributed by atoms with Gasteiger partial charge in [0.1, 0.15) is 11.1 Å². The molecule has 118 valence electrons. The number of aromatic amines is 1. The Kier molecular flexibility index (Phi) is 3.20. The fourth-order valence-corrected chi connectivity index (χ4v) is 2.93. The normalized spacial score (nSPS) is 11.0. The number of pyridine rings is 1. The number of hydrogen-bond donors (Lipinski definition) is 1. The second kappa shape index (κ2) is 5.38. The number of rotatable bonds is 2. The monoisotopic (exact) mass is 319 g/mol. The highest BCUT2D eigenvalue weighted by Gasteiger charge is 2.24. The van der Waals surface area contributed by atoms with Gasteiger partial charge in [0, 0.05) is 10.9 Å². The summed E-state index contributed by atoms with van der Waals surface area (Å²) < 4.78 is 10.8. The van der Waals surface area contributed by atoms with E-state index in [9.17, 15) is 9.59 Å². The Balaban J connectivity index is 2.23. The topological polar surface area (TPSA) is 72.3 Å². The molecule has 0 unspecified atom stereocenters. The van der Waals surface area contributed by atoms with Crippen LogP contribution in [0.2, 0.25) is 0 Å². The Bertz CT molecular complexity index is 1120. The van der Waals surface area contributed by atoms with Crippen LogP contribution in [0.4, 0.5) is 0 Å². The van der Waals surface area contributed by atoms with Gasteiger partial charge in [-0.25, -0.2) is 4.79 Å². The largest absolute Gasteiger partial charge is 0.465 e. The third-order valence-corrected chi connectivity index (χ3v) is 3.99. The summed E-state index contributed by atoms with van der Waals surface area (Å²) in [5.41, 5.74) is 2.27. The molecule has 4 aromatic rings. The molecule has 0 amide bonds. The van der Waals surface area contributed by atoms with E-state index in [1.165, 1.54) is 7.11 Å². The number of H-pyrrole nitrogens is 1. The van der Waals surface area contributed by atoms with E-state index < -0.39 is 11.5 Å². The number of para-hydroxylation sites is 1. The van der Waals surface area contributed by atoms with E-state index in [1.807, 2.05) is 54.6 Å². The first-order valence-corrected chi connectivity index (χ1v) is 7.42. The van der Waals surface area contributed by atoms with Gasteiger partial charge in [0.15, 0.2) is 5.58 Å². The Morgan fingerprint density at radius 1 is 1.04 bits per heavy atom. The van der Waals surface area contributed by atoms with Crippen molar-refractivity contribution in [2.45, 2.75) is 0 Å². The van der Waals surface area contributed by atoms with Gasteiger partial charge in [-0.3, -0.25) is 4.79 Å². The molecular weight excluding hydrogens is 306 g/mol. The molecule has 2 aromatic heterocycles. The van der Waals surface area contributed by atoms with Crippen molar-refractivity contribution in [3.63, 3.8) is 0 Å². The van der Waals surface area contributed by atoms with Crippen molar-refractivity contribution in [1.29, 1.82) is 0 Å². The van der Waals surface area contributed by atoms with Crippen LogP contribution in [0.5, 0.6) is 0 Å². The predicted molar refractivity (Wildman–Crippen MR) is 91.1 cm³/mol. The summed E-state index contributed by atoms with van der Waals surface area (Å²) in [5, 5.41) is 0.790. The molecule has 0 aliphatic rings. The molecule has 0 fully saturated rings. The van der Waals surface area contributed by atoms with Gasteiger partial charge in [-0.2, -0.15) is 0 Å². The lowest BCUT2D eigenvalue weighted by Crippen LogP contribution is -2.20. The Morgan fingerprint density at radius 3 is 2.50 bits per heavy atom. The van der Waals surface area contributed by atoms with Crippen molar-refractivity contribution in [2.24, 2.45) is 0 Å². The van der Waals surface area contributed by atoms with Gasteiger partial charge >= 0.3 is 5.97 Å². The number of aromatic nitrogens is 1. The minimum Gasteiger partial charge on any atom is -0.465 e. The van der Waals surface area contributed by atoms with Crippen molar-refractivity contribution >= 4 is 28.0 Å². The first-order chi connectivity index (χ1) is 11.7. The van der Waals surface area contributed by atoms with E-state index in [-0.39, 0.29) is 5.56 Å². The second-order valence-corrected chi connectivity index (χ2v) is 5.36. The second-order valence-electron chi connectivity index (χ2n) is 5.36. The smallest absolute Gasteiger partial charge is 0.344 e. The Labute approximate surface area is 136 Å². The molecule has 2 heterocycles. The molecule has 1 N–H and O–H groups in total. The van der Waals surface area contributed by atoms with E-state index in [1.54, 1.807) is 0 Å². The van der Waals surface area contributed by atoms with Gasteiger partial charge in [0.25, 0.3) is 5.56 Å². The standard InChI is InChI=1S/C19H13NO4/c1-23-19(22)15-14(11-7-3-2-4-8-11)17-16(20-18(15)21)12-9-5-6-10-13(12)24-17/h2-10H,1H3,(H,20,21). The SMILES string of the molecule is COC(=O)c1c(-c2ccccc2)c2oc3ccccc3c2[nH]c1=O. The highest BCUT2D eigenvalue weighted by atomic mass is 16.5. The molecule has 0 aliphatic carbocycles. The summed E-state index contributed by atoms with van der Waals surface area (Å²) in [6.45, 7) is 0. The summed E-state index contributed by atoms with van der Waals surface area (Å²) in [6, 6.07) is 16.6. The zero-order valence-electron chi connectivity index (χ0n) is 12.8. The van der Waals surface area contributed by atoms with Crippen LogP contribution in [0.15, 0.2) is 63.8 Å². The number of furan rings is 1. The van der Waals surface area contributed by atoms with Gasteiger partial charge in [-0.15, -0.1) is 0 Å². The van der Waals surface area contributed by atoms with E-state index >= 15 is 0 Å². The maximum absolute atomic E-state index is 12.6. The average Bonchev–Trinajstić information content (AvgIpc) is 2.99. The Morgan fingerprint density at radius 2 is 1.75 bits per heavy atom. The van der Waals surface area contributed by atoms with Gasteiger partial charge < -0.3 is 14.1 Å². The number of hydrogen-bond acceptors (Lipinski definition) is 4. The quantitative estimate of drug-likeness (QED) is 0.571. The number of carbonyl (C=O) groups is 1. The molecular formula is C19H13NO4. The predicted octanol–water partition coefficient (Wildman–Crippen LogP) is 3.73. The number of methoxy groups -OCH3 is 1. The van der Waals surface area contributed by atoms with Crippen LogP contribution in [-0.4, -0.2) is 18.1 Å². The number of fused-ring (bicyclic) bond motifs is 3. The molecule has 24 heavy (non-hydrogen) atoms. The van der Waals surface area contributed by atoms with E-state index in [2.05, 4.69) is 4.98 Å². The fraction of sp³-hybridized carbons (Fsp3) is 0.0526. The molecule has 5 heteroatoms. The number of esters is 1. The van der Waals surface area contributed by atoms with Crippen LogP contribution < -0.4 is 5.56 Å². The number of nitrogens with one attached hydrogen (secondary N) is 1. The van der Waals surface area contributed by atoms with Crippen molar-refractivity contribution in [1.82, 2.24) is 4.98 Å². The van der Waals surface area contributed by atoms with Gasteiger partial charge in [0.05, 0.1) is 12.6 Å². The van der Waals surface area contributed by atoms with Crippen molar-refractivity contribution in [3.05, 3.63) is 70.5 Å². The van der Waals surface area contributed by atoms with Crippen molar-refractivity contribution in [2.75, 3.05) is 7.11 Å². The maximum Gasteiger partial charge on any atom is 0.344 e. The molecule has 0 radical (unpaired) electrons. The molecule has 0 spiro atoms. The van der Waals surface area contributed by atoms with Crippen molar-refractivity contribution < 1.29 is 13.9 Å². The average molecular weight is 319 g/mol. The van der Waals surface area contributed by atoms with Gasteiger partial charge in [0.2, 0.25) is 0 Å². The molecule has 0 bridgehead atoms. The molecule has 5 nitrogen and oxygen atoms in total. The zero-order chi connectivity index (χ0) is 16.7. The Hall–Kier alpha value is -3.34.